The molecule has 0 amide bonds. The van der Waals surface area contributed by atoms with Gasteiger partial charge in [-0.2, -0.15) is 0 Å². The number of halogens is 1. The van der Waals surface area contributed by atoms with Gasteiger partial charge < -0.3 is 15.8 Å². The number of hydrogen-bond donors (Lipinski definition) is 2. The van der Waals surface area contributed by atoms with Crippen LogP contribution in [0.4, 0.5) is 5.69 Å². The highest BCUT2D eigenvalue weighted by Gasteiger charge is 2.41. The number of nitrogens with one attached hydrogen (secondary N) is 1. The first-order chi connectivity index (χ1) is 9.08. The average Bonchev–Trinajstić information content (AvgIpc) is 3.14. The van der Waals surface area contributed by atoms with E-state index in [1.54, 1.807) is 13.2 Å². The van der Waals surface area contributed by atoms with Gasteiger partial charge >= 0.3 is 0 Å². The molecular formula is C14H19ClN2OS. The summed E-state index contributed by atoms with van der Waals surface area (Å²) < 4.78 is 5.16. The second kappa shape index (κ2) is 6.07. The molecule has 5 heteroatoms. The first-order valence-corrected chi connectivity index (χ1v) is 7.18. The third kappa shape index (κ3) is 3.59. The molecular weight excluding hydrogens is 280 g/mol. The van der Waals surface area contributed by atoms with Gasteiger partial charge in [-0.3, -0.25) is 0 Å². The van der Waals surface area contributed by atoms with Gasteiger partial charge in [-0.25, -0.2) is 0 Å². The van der Waals surface area contributed by atoms with Gasteiger partial charge in [0.2, 0.25) is 0 Å². The van der Waals surface area contributed by atoms with Crippen molar-refractivity contribution in [3.8, 4) is 0 Å². The van der Waals surface area contributed by atoms with Crippen molar-refractivity contribution < 1.29 is 4.74 Å². The fourth-order valence-corrected chi connectivity index (χ4v) is 2.77. The molecule has 0 saturated heterocycles. The molecule has 19 heavy (non-hydrogen) atoms. The Balaban J connectivity index is 2.04. The van der Waals surface area contributed by atoms with E-state index in [1.807, 2.05) is 12.1 Å². The molecule has 1 saturated carbocycles. The summed E-state index contributed by atoms with van der Waals surface area (Å²) in [5, 5.41) is 4.04. The highest BCUT2D eigenvalue weighted by molar-refractivity contribution is 7.80. The zero-order chi connectivity index (χ0) is 13.9. The van der Waals surface area contributed by atoms with Gasteiger partial charge in [-0.1, -0.05) is 29.9 Å². The van der Waals surface area contributed by atoms with Crippen LogP contribution < -0.4 is 11.1 Å². The molecule has 104 valence electrons. The first kappa shape index (κ1) is 14.6. The van der Waals surface area contributed by atoms with E-state index < -0.39 is 0 Å². The van der Waals surface area contributed by atoms with E-state index in [-0.39, 0.29) is 0 Å². The third-order valence-corrected chi connectivity index (χ3v) is 4.23. The Kier molecular flexibility index (Phi) is 4.66. The summed E-state index contributed by atoms with van der Waals surface area (Å²) in [6.07, 6.45) is 3.57. The smallest absolute Gasteiger partial charge is 0.107 e. The minimum atomic E-state index is 0.329. The van der Waals surface area contributed by atoms with E-state index in [0.717, 1.165) is 30.8 Å². The van der Waals surface area contributed by atoms with E-state index in [9.17, 15) is 0 Å². The maximum atomic E-state index is 6.15. The van der Waals surface area contributed by atoms with Gasteiger partial charge in [0.05, 0.1) is 10.6 Å². The molecule has 1 aromatic rings. The van der Waals surface area contributed by atoms with Crippen LogP contribution in [0.2, 0.25) is 5.02 Å². The van der Waals surface area contributed by atoms with Gasteiger partial charge in [0.25, 0.3) is 0 Å². The summed E-state index contributed by atoms with van der Waals surface area (Å²) in [4.78, 5) is 0.329. The van der Waals surface area contributed by atoms with Crippen molar-refractivity contribution in [2.24, 2.45) is 11.1 Å². The predicted molar refractivity (Wildman–Crippen MR) is 84.0 cm³/mol. The number of thiocarbonyl (C=S) groups is 1. The Morgan fingerprint density at radius 2 is 2.26 bits per heavy atom. The number of methoxy groups -OCH3 is 1. The van der Waals surface area contributed by atoms with Crippen molar-refractivity contribution in [3.05, 3.63) is 28.8 Å². The SMILES string of the molecule is COCCC1(CNc2cccc(Cl)c2C(N)=S)CC1. The number of hydrogen-bond acceptors (Lipinski definition) is 3. The van der Waals surface area contributed by atoms with Crippen LogP contribution in [-0.4, -0.2) is 25.2 Å². The molecule has 1 aromatic carbocycles. The van der Waals surface area contributed by atoms with E-state index in [1.165, 1.54) is 12.8 Å². The molecule has 1 aliphatic rings. The van der Waals surface area contributed by atoms with Crippen molar-refractivity contribution in [2.75, 3.05) is 25.6 Å². The summed E-state index contributed by atoms with van der Waals surface area (Å²) in [6, 6.07) is 5.67. The van der Waals surface area contributed by atoms with Crippen LogP contribution >= 0.6 is 23.8 Å². The lowest BCUT2D eigenvalue weighted by atomic mass is 10.0. The van der Waals surface area contributed by atoms with E-state index in [2.05, 4.69) is 5.32 Å². The van der Waals surface area contributed by atoms with Gasteiger partial charge in [-0.05, 0) is 36.8 Å². The minimum Gasteiger partial charge on any atom is -0.389 e. The van der Waals surface area contributed by atoms with E-state index in [0.29, 0.717) is 15.4 Å². The number of ether oxygens (including phenoxy) is 1. The number of anilines is 1. The molecule has 3 nitrogen and oxygen atoms in total. The van der Waals surface area contributed by atoms with Crippen LogP contribution in [-0.2, 0) is 4.74 Å². The molecule has 3 N–H and O–H groups in total. The molecule has 0 spiro atoms. The Morgan fingerprint density at radius 3 is 2.84 bits per heavy atom. The lowest BCUT2D eigenvalue weighted by molar-refractivity contribution is 0.175. The molecule has 2 rings (SSSR count). The summed E-state index contributed by atoms with van der Waals surface area (Å²) in [5.41, 5.74) is 7.76. The Hall–Kier alpha value is -0.840. The summed E-state index contributed by atoms with van der Waals surface area (Å²) in [7, 11) is 1.74. The van der Waals surface area contributed by atoms with Crippen LogP contribution in [0, 0.1) is 5.41 Å². The molecule has 0 bridgehead atoms. The summed E-state index contributed by atoms with van der Waals surface area (Å²) in [6.45, 7) is 1.71. The zero-order valence-electron chi connectivity index (χ0n) is 11.0. The standard InChI is InChI=1S/C14H19ClN2OS/c1-18-8-7-14(5-6-14)9-17-11-4-2-3-10(15)12(11)13(16)19/h2-4,17H,5-9H2,1H3,(H2,16,19). The van der Waals surface area contributed by atoms with Gasteiger partial charge in [-0.15, -0.1) is 0 Å². The second-order valence-electron chi connectivity index (χ2n) is 5.12. The highest BCUT2D eigenvalue weighted by atomic mass is 35.5. The third-order valence-electron chi connectivity index (χ3n) is 3.71. The van der Waals surface area contributed by atoms with E-state index in [4.69, 9.17) is 34.3 Å². The van der Waals surface area contributed by atoms with Crippen LogP contribution in [0.3, 0.4) is 0 Å². The number of rotatable bonds is 7. The van der Waals surface area contributed by atoms with Gasteiger partial charge in [0, 0.05) is 25.9 Å². The van der Waals surface area contributed by atoms with Crippen molar-refractivity contribution in [2.45, 2.75) is 19.3 Å². The lowest BCUT2D eigenvalue weighted by Crippen LogP contribution is -2.20. The number of nitrogens with two attached hydrogens (primary N) is 1. The van der Waals surface area contributed by atoms with Crippen LogP contribution in [0.25, 0.3) is 0 Å². The fraction of sp³-hybridized carbons (Fsp3) is 0.500. The molecule has 0 heterocycles. The van der Waals surface area contributed by atoms with Crippen molar-refractivity contribution in [3.63, 3.8) is 0 Å². The van der Waals surface area contributed by atoms with Crippen molar-refractivity contribution in [1.82, 2.24) is 0 Å². The van der Waals surface area contributed by atoms with Gasteiger partial charge in [0.1, 0.15) is 4.99 Å². The summed E-state index contributed by atoms with van der Waals surface area (Å²) >= 11 is 11.2. The largest absolute Gasteiger partial charge is 0.389 e. The molecule has 1 aliphatic carbocycles. The highest BCUT2D eigenvalue weighted by Crippen LogP contribution is 2.48. The van der Waals surface area contributed by atoms with Crippen LogP contribution in [0.5, 0.6) is 0 Å². The predicted octanol–water partition coefficient (Wildman–Crippen LogP) is 3.20. The van der Waals surface area contributed by atoms with Crippen molar-refractivity contribution in [1.29, 1.82) is 0 Å². The Morgan fingerprint density at radius 1 is 1.53 bits per heavy atom. The average molecular weight is 299 g/mol. The Labute approximate surface area is 124 Å². The first-order valence-electron chi connectivity index (χ1n) is 6.39. The summed E-state index contributed by atoms with van der Waals surface area (Å²) in [5.74, 6) is 0. The molecule has 0 radical (unpaired) electrons. The van der Waals surface area contributed by atoms with Crippen LogP contribution in [0.1, 0.15) is 24.8 Å². The minimum absolute atomic E-state index is 0.329. The van der Waals surface area contributed by atoms with Crippen molar-refractivity contribution >= 4 is 34.5 Å². The molecule has 0 unspecified atom stereocenters. The second-order valence-corrected chi connectivity index (χ2v) is 5.97. The fourth-order valence-electron chi connectivity index (χ4n) is 2.22. The molecule has 1 fully saturated rings. The normalized spacial score (nSPS) is 16.1. The zero-order valence-corrected chi connectivity index (χ0v) is 12.6. The number of benzene rings is 1. The molecule has 0 aliphatic heterocycles. The maximum Gasteiger partial charge on any atom is 0.107 e. The lowest BCUT2D eigenvalue weighted by Gasteiger charge is -2.18. The van der Waals surface area contributed by atoms with E-state index >= 15 is 0 Å². The quantitative estimate of drug-likeness (QED) is 0.759. The van der Waals surface area contributed by atoms with Gasteiger partial charge in [0.15, 0.2) is 0 Å². The molecule has 0 atom stereocenters. The monoisotopic (exact) mass is 298 g/mol. The molecule has 0 aromatic heterocycles. The van der Waals surface area contributed by atoms with Crippen LogP contribution in [0.15, 0.2) is 18.2 Å². The topological polar surface area (TPSA) is 47.3 Å². The maximum absolute atomic E-state index is 6.15. The Bertz CT molecular complexity index is 475.